The summed E-state index contributed by atoms with van der Waals surface area (Å²) < 4.78 is 0. The van der Waals surface area contributed by atoms with Crippen molar-refractivity contribution in [2.24, 2.45) is 11.8 Å². The highest BCUT2D eigenvalue weighted by molar-refractivity contribution is 7.98. The Morgan fingerprint density at radius 3 is 2.86 bits per heavy atom. The first kappa shape index (κ1) is 19.4. The second-order valence-corrected chi connectivity index (χ2v) is 8.99. The molecule has 6 heteroatoms. The Balaban J connectivity index is 1.40. The molecule has 5 nitrogen and oxygen atoms in total. The van der Waals surface area contributed by atoms with Crippen LogP contribution < -0.4 is 10.6 Å². The maximum Gasteiger partial charge on any atom is 0.267 e. The summed E-state index contributed by atoms with van der Waals surface area (Å²) in [6.07, 6.45) is 8.83. The van der Waals surface area contributed by atoms with Gasteiger partial charge in [0.15, 0.2) is 0 Å². The first-order valence-electron chi connectivity index (χ1n) is 10.3. The summed E-state index contributed by atoms with van der Waals surface area (Å²) in [4.78, 5) is 17.3. The van der Waals surface area contributed by atoms with E-state index in [1.807, 2.05) is 6.07 Å². The van der Waals surface area contributed by atoms with E-state index < -0.39 is 0 Å². The van der Waals surface area contributed by atoms with Crippen molar-refractivity contribution in [1.29, 1.82) is 5.26 Å². The topological polar surface area (TPSA) is 80.7 Å². The molecule has 0 spiro atoms. The van der Waals surface area contributed by atoms with Crippen molar-refractivity contribution in [2.75, 3.05) is 12.8 Å². The van der Waals surface area contributed by atoms with E-state index in [0.29, 0.717) is 17.5 Å². The Hall–Kier alpha value is -1.97. The van der Waals surface area contributed by atoms with Crippen molar-refractivity contribution in [2.45, 2.75) is 55.5 Å². The van der Waals surface area contributed by atoms with Gasteiger partial charge in [-0.25, -0.2) is 0 Å². The first-order valence-corrected chi connectivity index (χ1v) is 11.5. The lowest BCUT2D eigenvalue weighted by Gasteiger charge is -2.33. The summed E-state index contributed by atoms with van der Waals surface area (Å²) >= 11 is 1.70. The van der Waals surface area contributed by atoms with E-state index in [2.05, 4.69) is 46.1 Å². The normalized spacial score (nSPS) is 23.3. The number of nitrogens with one attached hydrogen (secondary N) is 3. The largest absolute Gasteiger partial charge is 0.350 e. The van der Waals surface area contributed by atoms with Crippen molar-refractivity contribution >= 4 is 28.6 Å². The van der Waals surface area contributed by atoms with Crippen LogP contribution in [-0.2, 0) is 0 Å². The summed E-state index contributed by atoms with van der Waals surface area (Å²) in [5.74, 6) is 0.886. The number of fused-ring (bicyclic) bond motifs is 1. The van der Waals surface area contributed by atoms with E-state index in [1.165, 1.54) is 11.3 Å². The first-order chi connectivity index (χ1) is 13.7. The highest BCUT2D eigenvalue weighted by Gasteiger charge is 2.33. The fourth-order valence-electron chi connectivity index (χ4n) is 4.27. The lowest BCUT2D eigenvalue weighted by molar-refractivity contribution is 0.0900. The van der Waals surface area contributed by atoms with Crippen molar-refractivity contribution in [1.82, 2.24) is 15.6 Å². The zero-order valence-electron chi connectivity index (χ0n) is 16.3. The van der Waals surface area contributed by atoms with Gasteiger partial charge in [-0.2, -0.15) is 5.26 Å². The Bertz CT molecular complexity index is 882. The molecule has 2 aliphatic carbocycles. The second kappa shape index (κ2) is 8.59. The Kier molecular flexibility index (Phi) is 5.93. The number of carbonyl (C=O) groups excluding carboxylic acids is 1. The average molecular weight is 397 g/mol. The summed E-state index contributed by atoms with van der Waals surface area (Å²) in [7, 11) is 0. The van der Waals surface area contributed by atoms with E-state index in [-0.39, 0.29) is 18.0 Å². The third-order valence-corrected chi connectivity index (χ3v) is 6.86. The van der Waals surface area contributed by atoms with Gasteiger partial charge in [-0.3, -0.25) is 4.79 Å². The standard InChI is InChI=1S/C22H28N4OS/c1-28-17-9-8-15-10-20(25-19(15)11-17)22(27)26-18-5-3-2-4-16(18)13-24-21(12-23)14-6-7-14/h8-11,14,16,18,21,24-25H,2-7,13H2,1H3,(H,26,27)/t16-,18+,21?/m1/s1. The molecule has 28 heavy (non-hydrogen) atoms. The van der Waals surface area contributed by atoms with Gasteiger partial charge >= 0.3 is 0 Å². The molecular weight excluding hydrogens is 368 g/mol. The molecule has 148 valence electrons. The number of thioether (sulfide) groups is 1. The smallest absolute Gasteiger partial charge is 0.267 e. The van der Waals surface area contributed by atoms with Gasteiger partial charge in [-0.15, -0.1) is 11.8 Å². The third kappa shape index (κ3) is 4.37. The molecule has 1 aromatic heterocycles. The fraction of sp³-hybridized carbons (Fsp3) is 0.545. The Morgan fingerprint density at radius 2 is 2.11 bits per heavy atom. The van der Waals surface area contributed by atoms with Crippen LogP contribution in [0.3, 0.4) is 0 Å². The number of hydrogen-bond acceptors (Lipinski definition) is 4. The number of benzene rings is 1. The molecule has 1 heterocycles. The number of nitrogens with zero attached hydrogens (tertiary/aromatic N) is 1. The highest BCUT2D eigenvalue weighted by Crippen LogP contribution is 2.33. The molecule has 1 aromatic carbocycles. The number of rotatable bonds is 7. The predicted octanol–water partition coefficient (Wildman–Crippen LogP) is 4.07. The molecule has 2 fully saturated rings. The van der Waals surface area contributed by atoms with Crippen molar-refractivity contribution in [3.63, 3.8) is 0 Å². The fourth-order valence-corrected chi connectivity index (χ4v) is 4.71. The number of hydrogen-bond donors (Lipinski definition) is 3. The number of H-pyrrole nitrogens is 1. The molecule has 3 N–H and O–H groups in total. The van der Waals surface area contributed by atoms with Crippen LogP contribution in [0.15, 0.2) is 29.2 Å². The average Bonchev–Trinajstić information content (AvgIpc) is 3.46. The number of amides is 1. The lowest BCUT2D eigenvalue weighted by atomic mass is 9.84. The van der Waals surface area contributed by atoms with Gasteiger partial charge in [-0.1, -0.05) is 18.9 Å². The minimum atomic E-state index is -0.0300. The van der Waals surface area contributed by atoms with Crippen LogP contribution in [0.1, 0.15) is 49.0 Å². The van der Waals surface area contributed by atoms with Crippen LogP contribution in [0, 0.1) is 23.2 Å². The van der Waals surface area contributed by atoms with Gasteiger partial charge in [0.05, 0.1) is 12.1 Å². The predicted molar refractivity (Wildman–Crippen MR) is 113 cm³/mol. The molecule has 2 saturated carbocycles. The van der Waals surface area contributed by atoms with Gasteiger partial charge in [0.1, 0.15) is 5.69 Å². The van der Waals surface area contributed by atoms with Crippen molar-refractivity contribution < 1.29 is 4.79 Å². The molecule has 0 bridgehead atoms. The van der Waals surface area contributed by atoms with Crippen LogP contribution in [0.2, 0.25) is 0 Å². The molecule has 2 aromatic rings. The zero-order chi connectivity index (χ0) is 19.5. The molecule has 1 unspecified atom stereocenters. The van der Waals surface area contributed by atoms with E-state index in [0.717, 1.165) is 49.6 Å². The summed E-state index contributed by atoms with van der Waals surface area (Å²) in [6, 6.07) is 10.7. The Morgan fingerprint density at radius 1 is 1.29 bits per heavy atom. The van der Waals surface area contributed by atoms with Crippen LogP contribution in [0.5, 0.6) is 0 Å². The summed E-state index contributed by atoms with van der Waals surface area (Å²) in [5.41, 5.74) is 1.62. The lowest BCUT2D eigenvalue weighted by Crippen LogP contribution is -2.47. The Labute approximate surface area is 170 Å². The van der Waals surface area contributed by atoms with Crippen LogP contribution in [-0.4, -0.2) is 35.8 Å². The number of carbonyl (C=O) groups is 1. The van der Waals surface area contributed by atoms with Gasteiger partial charge in [-0.05, 0) is 62.0 Å². The van der Waals surface area contributed by atoms with Crippen molar-refractivity contribution in [3.05, 3.63) is 30.0 Å². The minimum Gasteiger partial charge on any atom is -0.350 e. The van der Waals surface area contributed by atoms with Gasteiger partial charge < -0.3 is 15.6 Å². The molecule has 3 atom stereocenters. The maximum absolute atomic E-state index is 12.9. The molecule has 4 rings (SSSR count). The SMILES string of the molecule is CSc1ccc2cc(C(=O)N[C@H]3CCCC[C@@H]3CNC(C#N)C3CC3)[nH]c2c1. The van der Waals surface area contributed by atoms with Crippen LogP contribution in [0.4, 0.5) is 0 Å². The maximum atomic E-state index is 12.9. The quantitative estimate of drug-likeness (QED) is 0.616. The minimum absolute atomic E-state index is 0.0298. The van der Waals surface area contributed by atoms with E-state index in [1.54, 1.807) is 11.8 Å². The second-order valence-electron chi connectivity index (χ2n) is 8.11. The van der Waals surface area contributed by atoms with E-state index >= 15 is 0 Å². The van der Waals surface area contributed by atoms with E-state index in [4.69, 9.17) is 0 Å². The molecule has 1 amide bonds. The van der Waals surface area contributed by atoms with Gasteiger partial charge in [0.25, 0.3) is 5.91 Å². The third-order valence-electron chi connectivity index (χ3n) is 6.13. The number of aromatic amines is 1. The number of nitriles is 1. The zero-order valence-corrected chi connectivity index (χ0v) is 17.1. The molecular formula is C22H28N4OS. The summed E-state index contributed by atoms with van der Waals surface area (Å²) in [5, 5.41) is 17.1. The number of aromatic nitrogens is 1. The van der Waals surface area contributed by atoms with Gasteiger partial charge in [0, 0.05) is 28.4 Å². The molecule has 2 aliphatic rings. The van der Waals surface area contributed by atoms with Crippen LogP contribution >= 0.6 is 11.8 Å². The molecule has 0 aliphatic heterocycles. The highest BCUT2D eigenvalue weighted by atomic mass is 32.2. The summed E-state index contributed by atoms with van der Waals surface area (Å²) in [6.45, 7) is 0.809. The molecule has 0 radical (unpaired) electrons. The van der Waals surface area contributed by atoms with E-state index in [9.17, 15) is 10.1 Å². The van der Waals surface area contributed by atoms with Crippen molar-refractivity contribution in [3.8, 4) is 6.07 Å². The van der Waals surface area contributed by atoms with Crippen LogP contribution in [0.25, 0.3) is 10.9 Å². The van der Waals surface area contributed by atoms with Gasteiger partial charge in [0.2, 0.25) is 0 Å². The molecule has 0 saturated heterocycles. The monoisotopic (exact) mass is 396 g/mol.